The SMILES string of the molecule is Cc1ccc(CNCc2ccc(O)cc2)cc1Br. The van der Waals surface area contributed by atoms with E-state index in [0.717, 1.165) is 17.6 Å². The minimum atomic E-state index is 0.307. The first-order valence-corrected chi connectivity index (χ1v) is 6.68. The van der Waals surface area contributed by atoms with Crippen LogP contribution in [0.15, 0.2) is 46.9 Å². The van der Waals surface area contributed by atoms with Crippen molar-refractivity contribution < 1.29 is 5.11 Å². The Balaban J connectivity index is 1.88. The van der Waals surface area contributed by atoms with Gasteiger partial charge in [0, 0.05) is 17.6 Å². The molecule has 2 aromatic carbocycles. The van der Waals surface area contributed by atoms with Crippen LogP contribution in [0, 0.1) is 6.92 Å². The van der Waals surface area contributed by atoms with Crippen LogP contribution in [-0.4, -0.2) is 5.11 Å². The fourth-order valence-corrected chi connectivity index (χ4v) is 2.14. The molecule has 0 bridgehead atoms. The summed E-state index contributed by atoms with van der Waals surface area (Å²) < 4.78 is 1.14. The Bertz CT molecular complexity index is 523. The largest absolute Gasteiger partial charge is 0.508 e. The van der Waals surface area contributed by atoms with Gasteiger partial charge in [-0.2, -0.15) is 0 Å². The minimum absolute atomic E-state index is 0.307. The monoisotopic (exact) mass is 305 g/mol. The summed E-state index contributed by atoms with van der Waals surface area (Å²) in [5.41, 5.74) is 3.67. The first-order valence-electron chi connectivity index (χ1n) is 5.89. The molecule has 0 fully saturated rings. The molecule has 0 saturated carbocycles. The second-order valence-corrected chi connectivity index (χ2v) is 5.21. The van der Waals surface area contributed by atoms with Gasteiger partial charge in [0.2, 0.25) is 0 Å². The molecule has 2 nitrogen and oxygen atoms in total. The molecule has 2 rings (SSSR count). The highest BCUT2D eigenvalue weighted by Crippen LogP contribution is 2.17. The average molecular weight is 306 g/mol. The molecule has 0 amide bonds. The van der Waals surface area contributed by atoms with E-state index in [1.807, 2.05) is 12.1 Å². The normalized spacial score (nSPS) is 10.6. The Morgan fingerprint density at radius 3 is 2.28 bits per heavy atom. The first kappa shape index (κ1) is 13.1. The first-order chi connectivity index (χ1) is 8.65. The molecule has 0 spiro atoms. The lowest BCUT2D eigenvalue weighted by molar-refractivity contribution is 0.475. The fourth-order valence-electron chi connectivity index (χ4n) is 1.71. The maximum absolute atomic E-state index is 9.19. The number of aromatic hydroxyl groups is 1. The van der Waals surface area contributed by atoms with Crippen LogP contribution in [0.5, 0.6) is 5.75 Å². The summed E-state index contributed by atoms with van der Waals surface area (Å²) in [7, 11) is 0. The number of halogens is 1. The highest BCUT2D eigenvalue weighted by Gasteiger charge is 1.98. The van der Waals surface area contributed by atoms with Crippen LogP contribution in [0.4, 0.5) is 0 Å². The molecule has 3 heteroatoms. The summed E-state index contributed by atoms with van der Waals surface area (Å²) in [6, 6.07) is 13.6. The molecule has 0 aromatic heterocycles. The average Bonchev–Trinajstić information content (AvgIpc) is 2.36. The van der Waals surface area contributed by atoms with Crippen LogP contribution in [0.1, 0.15) is 16.7 Å². The number of rotatable bonds is 4. The maximum atomic E-state index is 9.19. The van der Waals surface area contributed by atoms with E-state index in [2.05, 4.69) is 46.4 Å². The number of phenols is 1. The summed E-state index contributed by atoms with van der Waals surface area (Å²) in [5, 5.41) is 12.6. The standard InChI is InChI=1S/C15H16BrNO/c1-11-2-3-13(8-15(11)16)10-17-9-12-4-6-14(18)7-5-12/h2-8,17-18H,9-10H2,1H3. The summed E-state index contributed by atoms with van der Waals surface area (Å²) >= 11 is 3.54. The number of hydrogen-bond donors (Lipinski definition) is 2. The Kier molecular flexibility index (Phi) is 4.39. The van der Waals surface area contributed by atoms with Gasteiger partial charge in [0.1, 0.15) is 5.75 Å². The molecule has 18 heavy (non-hydrogen) atoms. The fraction of sp³-hybridized carbons (Fsp3) is 0.200. The van der Waals surface area contributed by atoms with Crippen LogP contribution in [0.2, 0.25) is 0 Å². The van der Waals surface area contributed by atoms with E-state index in [1.165, 1.54) is 16.7 Å². The Hall–Kier alpha value is -1.32. The number of aryl methyl sites for hydroxylation is 1. The summed E-state index contributed by atoms with van der Waals surface area (Å²) in [6.07, 6.45) is 0. The number of phenolic OH excluding ortho intramolecular Hbond substituents is 1. The number of hydrogen-bond acceptors (Lipinski definition) is 2. The van der Waals surface area contributed by atoms with Gasteiger partial charge in [-0.1, -0.05) is 40.2 Å². The van der Waals surface area contributed by atoms with Crippen molar-refractivity contribution in [3.63, 3.8) is 0 Å². The zero-order chi connectivity index (χ0) is 13.0. The minimum Gasteiger partial charge on any atom is -0.508 e. The molecule has 0 radical (unpaired) electrons. The lowest BCUT2D eigenvalue weighted by Crippen LogP contribution is -2.12. The van der Waals surface area contributed by atoms with Crippen LogP contribution in [-0.2, 0) is 13.1 Å². The van der Waals surface area contributed by atoms with Crippen LogP contribution in [0.3, 0.4) is 0 Å². The third-order valence-corrected chi connectivity index (χ3v) is 3.69. The number of nitrogens with one attached hydrogen (secondary N) is 1. The van der Waals surface area contributed by atoms with Gasteiger partial charge >= 0.3 is 0 Å². The van der Waals surface area contributed by atoms with Gasteiger partial charge in [-0.3, -0.25) is 0 Å². The summed E-state index contributed by atoms with van der Waals surface area (Å²) in [6.45, 7) is 3.71. The van der Waals surface area contributed by atoms with Crippen molar-refractivity contribution in [3.05, 3.63) is 63.6 Å². The van der Waals surface area contributed by atoms with Crippen LogP contribution >= 0.6 is 15.9 Å². The Labute approximate surface area is 116 Å². The molecule has 0 aliphatic carbocycles. The van der Waals surface area contributed by atoms with Gasteiger partial charge in [0.15, 0.2) is 0 Å². The van der Waals surface area contributed by atoms with E-state index in [4.69, 9.17) is 0 Å². The van der Waals surface area contributed by atoms with Crippen molar-refractivity contribution >= 4 is 15.9 Å². The third kappa shape index (κ3) is 3.59. The smallest absolute Gasteiger partial charge is 0.115 e. The van der Waals surface area contributed by atoms with Crippen LogP contribution in [0.25, 0.3) is 0 Å². The number of benzene rings is 2. The lowest BCUT2D eigenvalue weighted by Gasteiger charge is -2.07. The van der Waals surface area contributed by atoms with Gasteiger partial charge in [0.05, 0.1) is 0 Å². The predicted molar refractivity (Wildman–Crippen MR) is 77.5 cm³/mol. The van der Waals surface area contributed by atoms with E-state index in [0.29, 0.717) is 5.75 Å². The van der Waals surface area contributed by atoms with Crippen molar-refractivity contribution in [2.24, 2.45) is 0 Å². The van der Waals surface area contributed by atoms with E-state index >= 15 is 0 Å². The van der Waals surface area contributed by atoms with E-state index in [1.54, 1.807) is 12.1 Å². The molecule has 0 aliphatic rings. The maximum Gasteiger partial charge on any atom is 0.115 e. The molecule has 0 saturated heterocycles. The topological polar surface area (TPSA) is 32.3 Å². The zero-order valence-electron chi connectivity index (χ0n) is 10.3. The van der Waals surface area contributed by atoms with E-state index in [9.17, 15) is 5.11 Å². The second-order valence-electron chi connectivity index (χ2n) is 4.35. The van der Waals surface area contributed by atoms with Gasteiger partial charge in [0.25, 0.3) is 0 Å². The predicted octanol–water partition coefficient (Wildman–Crippen LogP) is 3.75. The van der Waals surface area contributed by atoms with Gasteiger partial charge in [-0.25, -0.2) is 0 Å². The highest BCUT2D eigenvalue weighted by molar-refractivity contribution is 9.10. The van der Waals surface area contributed by atoms with Crippen molar-refractivity contribution in [2.45, 2.75) is 20.0 Å². The molecular weight excluding hydrogens is 290 g/mol. The molecule has 2 N–H and O–H groups in total. The van der Waals surface area contributed by atoms with Crippen molar-refractivity contribution in [1.82, 2.24) is 5.32 Å². The third-order valence-electron chi connectivity index (χ3n) is 2.83. The Morgan fingerprint density at radius 1 is 1.00 bits per heavy atom. The van der Waals surface area contributed by atoms with Gasteiger partial charge < -0.3 is 10.4 Å². The van der Waals surface area contributed by atoms with Crippen LogP contribution < -0.4 is 5.32 Å². The second kappa shape index (κ2) is 6.03. The Morgan fingerprint density at radius 2 is 1.61 bits per heavy atom. The molecule has 0 aliphatic heterocycles. The molecule has 0 heterocycles. The molecule has 2 aromatic rings. The summed E-state index contributed by atoms with van der Waals surface area (Å²) in [4.78, 5) is 0. The molecule has 0 unspecified atom stereocenters. The molecule has 94 valence electrons. The van der Waals surface area contributed by atoms with Crippen molar-refractivity contribution in [1.29, 1.82) is 0 Å². The lowest BCUT2D eigenvalue weighted by atomic mass is 10.1. The van der Waals surface area contributed by atoms with Crippen molar-refractivity contribution in [3.8, 4) is 5.75 Å². The molecular formula is C15H16BrNO. The highest BCUT2D eigenvalue weighted by atomic mass is 79.9. The molecule has 0 atom stereocenters. The van der Waals surface area contributed by atoms with E-state index in [-0.39, 0.29) is 0 Å². The van der Waals surface area contributed by atoms with Gasteiger partial charge in [-0.05, 0) is 41.8 Å². The quantitative estimate of drug-likeness (QED) is 0.901. The van der Waals surface area contributed by atoms with Gasteiger partial charge in [-0.15, -0.1) is 0 Å². The van der Waals surface area contributed by atoms with Crippen molar-refractivity contribution in [2.75, 3.05) is 0 Å². The summed E-state index contributed by atoms with van der Waals surface area (Å²) in [5.74, 6) is 0.307. The zero-order valence-corrected chi connectivity index (χ0v) is 11.9. The van der Waals surface area contributed by atoms with E-state index < -0.39 is 0 Å².